The van der Waals surface area contributed by atoms with Crippen molar-refractivity contribution in [2.75, 3.05) is 7.11 Å². The van der Waals surface area contributed by atoms with Gasteiger partial charge in [0.2, 0.25) is 0 Å². The number of rotatable bonds is 4. The van der Waals surface area contributed by atoms with Gasteiger partial charge in [0.25, 0.3) is 0 Å². The summed E-state index contributed by atoms with van der Waals surface area (Å²) in [6.07, 6.45) is -4.49. The molecule has 1 aliphatic rings. The van der Waals surface area contributed by atoms with Crippen molar-refractivity contribution in [3.8, 4) is 5.75 Å². The van der Waals surface area contributed by atoms with Gasteiger partial charge in [-0.1, -0.05) is 55.1 Å². The summed E-state index contributed by atoms with van der Waals surface area (Å²) in [5.41, 5.74) is 6.65. The lowest BCUT2D eigenvalue weighted by Crippen LogP contribution is -2.21. The van der Waals surface area contributed by atoms with Gasteiger partial charge < -0.3 is 10.5 Å². The maximum atomic E-state index is 13.3. The molecule has 0 fully saturated rings. The number of carbonyl (C=O) groups excluding carboxylic acids is 1. The fraction of sp³-hybridized carbons (Fsp3) is 0.208. The molecule has 31 heavy (non-hydrogen) atoms. The van der Waals surface area contributed by atoms with Crippen molar-refractivity contribution in [1.82, 2.24) is 0 Å². The van der Waals surface area contributed by atoms with Crippen LogP contribution in [0.15, 0.2) is 65.7 Å². The van der Waals surface area contributed by atoms with E-state index in [-0.39, 0.29) is 27.9 Å². The lowest BCUT2D eigenvalue weighted by Gasteiger charge is -2.20. The molecule has 0 spiro atoms. The second-order valence-corrected chi connectivity index (χ2v) is 8.63. The van der Waals surface area contributed by atoms with Crippen LogP contribution in [-0.4, -0.2) is 18.1 Å². The Hall–Kier alpha value is -2.93. The first-order chi connectivity index (χ1) is 14.7. The first-order valence-corrected chi connectivity index (χ1v) is 10.5. The van der Waals surface area contributed by atoms with Crippen LogP contribution >= 0.6 is 11.8 Å². The first kappa shape index (κ1) is 21.3. The van der Waals surface area contributed by atoms with Gasteiger partial charge in [-0.05, 0) is 46.2 Å². The molecule has 1 heterocycles. The van der Waals surface area contributed by atoms with Crippen LogP contribution in [0, 0.1) is 0 Å². The summed E-state index contributed by atoms with van der Waals surface area (Å²) < 4.78 is 44.8. The van der Waals surface area contributed by atoms with Gasteiger partial charge in [0.05, 0.1) is 28.5 Å². The summed E-state index contributed by atoms with van der Waals surface area (Å²) in [6, 6.07) is 16.4. The molecule has 0 saturated heterocycles. The Morgan fingerprint density at radius 3 is 2.52 bits per heavy atom. The van der Waals surface area contributed by atoms with Crippen LogP contribution in [0.1, 0.15) is 29.5 Å². The van der Waals surface area contributed by atoms with Gasteiger partial charge in [0.15, 0.2) is 5.78 Å². The number of ether oxygens (including phenoxy) is 1. The average molecular weight is 443 g/mol. The molecule has 0 saturated carbocycles. The number of benzene rings is 3. The lowest BCUT2D eigenvalue weighted by atomic mass is 9.88. The minimum atomic E-state index is -4.49. The number of ketones is 1. The number of hydrogen-bond donors (Lipinski definition) is 1. The summed E-state index contributed by atoms with van der Waals surface area (Å²) in [6.45, 7) is 1.94. The van der Waals surface area contributed by atoms with Crippen molar-refractivity contribution >= 4 is 33.9 Å². The van der Waals surface area contributed by atoms with Crippen molar-refractivity contribution in [3.63, 3.8) is 0 Å². The number of fused-ring (bicyclic) bond motifs is 1. The highest BCUT2D eigenvalue weighted by molar-refractivity contribution is 8.05. The molecule has 0 bridgehead atoms. The van der Waals surface area contributed by atoms with Crippen LogP contribution in [0.5, 0.6) is 5.75 Å². The standard InChI is InChI=1S/C24H20F3NO2S/c1-13(18-8-4-5-14-9-10-17(30-2)12-19(14)18)22-21(29)20(23(28)31-22)15-6-3-7-16(11-15)24(25,26)27/h3-13,22H,28H2,1-2H3. The van der Waals surface area contributed by atoms with Crippen LogP contribution in [0.2, 0.25) is 0 Å². The molecule has 2 atom stereocenters. The third-order valence-electron chi connectivity index (χ3n) is 5.55. The van der Waals surface area contributed by atoms with E-state index < -0.39 is 17.0 Å². The Morgan fingerprint density at radius 2 is 1.81 bits per heavy atom. The Bertz CT molecular complexity index is 1200. The smallest absolute Gasteiger partial charge is 0.416 e. The van der Waals surface area contributed by atoms with E-state index in [1.54, 1.807) is 7.11 Å². The van der Waals surface area contributed by atoms with Gasteiger partial charge >= 0.3 is 6.18 Å². The van der Waals surface area contributed by atoms with E-state index in [4.69, 9.17) is 10.5 Å². The van der Waals surface area contributed by atoms with E-state index in [9.17, 15) is 18.0 Å². The number of thioether (sulfide) groups is 1. The van der Waals surface area contributed by atoms with E-state index >= 15 is 0 Å². The summed E-state index contributed by atoms with van der Waals surface area (Å²) in [5.74, 6) is 0.240. The Balaban J connectivity index is 1.70. The molecule has 160 valence electrons. The molecule has 3 aromatic carbocycles. The van der Waals surface area contributed by atoms with E-state index in [1.165, 1.54) is 23.9 Å². The summed E-state index contributed by atoms with van der Waals surface area (Å²) in [4.78, 5) is 13.3. The summed E-state index contributed by atoms with van der Waals surface area (Å²) >= 11 is 1.21. The van der Waals surface area contributed by atoms with Crippen molar-refractivity contribution in [3.05, 3.63) is 82.4 Å². The molecular formula is C24H20F3NO2S. The highest BCUT2D eigenvalue weighted by Crippen LogP contribution is 2.45. The number of methoxy groups -OCH3 is 1. The molecular weight excluding hydrogens is 423 g/mol. The zero-order valence-corrected chi connectivity index (χ0v) is 17.7. The molecule has 0 aliphatic carbocycles. The van der Waals surface area contributed by atoms with Crippen molar-refractivity contribution in [2.45, 2.75) is 24.3 Å². The number of Topliss-reactive ketones (excluding diaryl/α,β-unsaturated/α-hetero) is 1. The second kappa shape index (κ2) is 7.96. The Kier molecular flexibility index (Phi) is 5.47. The van der Waals surface area contributed by atoms with E-state index in [0.29, 0.717) is 5.75 Å². The van der Waals surface area contributed by atoms with Gasteiger partial charge in [-0.3, -0.25) is 4.79 Å². The number of nitrogens with two attached hydrogens (primary N) is 1. The quantitative estimate of drug-likeness (QED) is 0.539. The van der Waals surface area contributed by atoms with Gasteiger partial charge in [0.1, 0.15) is 5.75 Å². The van der Waals surface area contributed by atoms with Gasteiger partial charge in [-0.15, -0.1) is 0 Å². The molecule has 3 nitrogen and oxygen atoms in total. The molecule has 3 aromatic rings. The number of alkyl halides is 3. The van der Waals surface area contributed by atoms with Crippen LogP contribution in [0.4, 0.5) is 13.2 Å². The third-order valence-corrected chi connectivity index (χ3v) is 6.89. The molecule has 7 heteroatoms. The predicted molar refractivity (Wildman–Crippen MR) is 118 cm³/mol. The zero-order chi connectivity index (χ0) is 22.3. The normalized spacial score (nSPS) is 18.0. The number of hydrogen-bond acceptors (Lipinski definition) is 4. The number of carbonyl (C=O) groups is 1. The van der Waals surface area contributed by atoms with Crippen LogP contribution in [0.25, 0.3) is 16.3 Å². The lowest BCUT2D eigenvalue weighted by molar-refractivity contribution is -0.137. The van der Waals surface area contributed by atoms with E-state index in [0.717, 1.165) is 28.5 Å². The largest absolute Gasteiger partial charge is 0.497 e. The van der Waals surface area contributed by atoms with Gasteiger partial charge in [-0.25, -0.2) is 0 Å². The van der Waals surface area contributed by atoms with Gasteiger partial charge in [-0.2, -0.15) is 13.2 Å². The molecule has 2 N–H and O–H groups in total. The second-order valence-electron chi connectivity index (χ2n) is 7.44. The molecule has 2 unspecified atom stereocenters. The predicted octanol–water partition coefficient (Wildman–Crippen LogP) is 5.98. The molecule has 0 radical (unpaired) electrons. The summed E-state index contributed by atoms with van der Waals surface area (Å²) in [7, 11) is 1.59. The minimum absolute atomic E-state index is 0.158. The molecule has 1 aliphatic heterocycles. The number of allylic oxidation sites excluding steroid dienone is 1. The van der Waals surface area contributed by atoms with Crippen LogP contribution in [-0.2, 0) is 11.0 Å². The van der Waals surface area contributed by atoms with Gasteiger partial charge in [0, 0.05) is 5.92 Å². The van der Waals surface area contributed by atoms with Crippen LogP contribution < -0.4 is 10.5 Å². The Labute approximate surface area is 182 Å². The maximum absolute atomic E-state index is 13.3. The van der Waals surface area contributed by atoms with E-state index in [2.05, 4.69) is 0 Å². The van der Waals surface area contributed by atoms with E-state index in [1.807, 2.05) is 43.3 Å². The summed E-state index contributed by atoms with van der Waals surface area (Å²) in [5, 5.41) is 1.70. The first-order valence-electron chi connectivity index (χ1n) is 9.65. The van der Waals surface area contributed by atoms with Crippen molar-refractivity contribution in [2.24, 2.45) is 5.73 Å². The third kappa shape index (κ3) is 3.90. The monoisotopic (exact) mass is 443 g/mol. The fourth-order valence-electron chi connectivity index (χ4n) is 3.94. The molecule has 0 aromatic heterocycles. The maximum Gasteiger partial charge on any atom is 0.416 e. The molecule has 0 amide bonds. The van der Waals surface area contributed by atoms with Crippen molar-refractivity contribution < 1.29 is 22.7 Å². The molecule has 4 rings (SSSR count). The van der Waals surface area contributed by atoms with Crippen LogP contribution in [0.3, 0.4) is 0 Å². The minimum Gasteiger partial charge on any atom is -0.497 e. The zero-order valence-electron chi connectivity index (χ0n) is 16.9. The topological polar surface area (TPSA) is 52.3 Å². The van der Waals surface area contributed by atoms with Crippen molar-refractivity contribution in [1.29, 1.82) is 0 Å². The fourth-order valence-corrected chi connectivity index (χ4v) is 5.13. The average Bonchev–Trinajstić information content (AvgIpc) is 3.05. The highest BCUT2D eigenvalue weighted by atomic mass is 32.2. The Morgan fingerprint density at radius 1 is 1.06 bits per heavy atom. The number of halogens is 3. The SMILES string of the molecule is COc1ccc2cccc(C(C)C3SC(N)=C(c4cccc(C(F)(F)F)c4)C3=O)c2c1. The highest BCUT2D eigenvalue weighted by Gasteiger charge is 2.39.